The van der Waals surface area contributed by atoms with Crippen LogP contribution in [0, 0.1) is 11.5 Å². The molecule has 1 unspecified atom stereocenters. The molecule has 1 aromatic heterocycles. The van der Waals surface area contributed by atoms with Crippen LogP contribution in [0.5, 0.6) is 0 Å². The number of aromatic nitrogens is 1. The van der Waals surface area contributed by atoms with E-state index in [0.29, 0.717) is 26.2 Å². The molecule has 1 atom stereocenters. The van der Waals surface area contributed by atoms with E-state index in [4.69, 9.17) is 0 Å². The lowest BCUT2D eigenvalue weighted by Gasteiger charge is -2.35. The van der Waals surface area contributed by atoms with Crippen molar-refractivity contribution in [1.29, 1.82) is 0 Å². The van der Waals surface area contributed by atoms with Crippen molar-refractivity contribution in [2.75, 3.05) is 36.8 Å². The maximum atomic E-state index is 12.6. The highest BCUT2D eigenvalue weighted by molar-refractivity contribution is 7.89. The molecule has 1 fully saturated rings. The summed E-state index contributed by atoms with van der Waals surface area (Å²) in [5, 5.41) is 9.24. The van der Waals surface area contributed by atoms with Gasteiger partial charge >= 0.3 is 0 Å². The first-order valence-corrected chi connectivity index (χ1v) is 13.4. The molecule has 1 saturated heterocycles. The Morgan fingerprint density at radius 2 is 1.96 bits per heavy atom. The highest BCUT2D eigenvalue weighted by atomic mass is 32.2. The predicted molar refractivity (Wildman–Crippen MR) is 102 cm³/mol. The van der Waals surface area contributed by atoms with Gasteiger partial charge in [0.1, 0.15) is 11.9 Å². The number of anilines is 1. The predicted octanol–water partition coefficient (Wildman–Crippen LogP) is 0.762. The number of hydroxylamine groups is 1. The van der Waals surface area contributed by atoms with Gasteiger partial charge in [0.2, 0.25) is 10.0 Å². The number of pyridine rings is 1. The maximum Gasteiger partial charge on any atom is 0.216 e. The topological polar surface area (TPSA) is 85.8 Å². The van der Waals surface area contributed by atoms with Crippen LogP contribution in [0.25, 0.3) is 0 Å². The first-order valence-electron chi connectivity index (χ1n) is 8.27. The van der Waals surface area contributed by atoms with Gasteiger partial charge < -0.3 is 10.1 Å². The summed E-state index contributed by atoms with van der Waals surface area (Å²) in [4.78, 5) is 6.37. The molecule has 1 aliphatic rings. The van der Waals surface area contributed by atoms with Gasteiger partial charge in [-0.05, 0) is 12.1 Å². The van der Waals surface area contributed by atoms with E-state index in [1.165, 1.54) is 4.31 Å². The monoisotopic (exact) mass is 382 g/mol. The van der Waals surface area contributed by atoms with Crippen LogP contribution in [-0.4, -0.2) is 69.0 Å². The van der Waals surface area contributed by atoms with E-state index in [1.807, 2.05) is 23.7 Å². The van der Waals surface area contributed by atoms with Gasteiger partial charge in [-0.15, -0.1) is 5.92 Å². The summed E-state index contributed by atoms with van der Waals surface area (Å²) in [5.41, 5.74) is 5.12. The molecule has 139 valence electrons. The molecule has 2 rings (SSSR count). The second-order valence-corrected chi connectivity index (χ2v) is 13.8. The van der Waals surface area contributed by atoms with Crippen LogP contribution >= 0.6 is 0 Å². The van der Waals surface area contributed by atoms with Gasteiger partial charge in [0.05, 0.1) is 5.75 Å². The lowest BCUT2D eigenvalue weighted by molar-refractivity contribution is 0.153. The van der Waals surface area contributed by atoms with Crippen molar-refractivity contribution >= 4 is 23.9 Å². The lowest BCUT2D eigenvalue weighted by atomic mass is 10.3. The van der Waals surface area contributed by atoms with Gasteiger partial charge in [-0.3, -0.25) is 5.54 Å². The minimum Gasteiger partial charge on any atom is -0.354 e. The first kappa shape index (κ1) is 19.9. The molecule has 0 saturated carbocycles. The SMILES string of the molecule is C[Si-](C)(C)C#CC(CS(=O)(=O)N1CCN(c2ccccn2)CC1)NO. The Balaban J connectivity index is 1.97. The smallest absolute Gasteiger partial charge is 0.216 e. The summed E-state index contributed by atoms with van der Waals surface area (Å²) in [7, 11) is -5.12. The molecule has 7 nitrogen and oxygen atoms in total. The van der Waals surface area contributed by atoms with Crippen molar-refractivity contribution in [1.82, 2.24) is 14.8 Å². The second-order valence-electron chi connectivity index (χ2n) is 7.05. The van der Waals surface area contributed by atoms with E-state index >= 15 is 0 Å². The molecule has 1 aliphatic heterocycles. The molecule has 2 N–H and O–H groups in total. The minimum absolute atomic E-state index is 0.232. The van der Waals surface area contributed by atoms with Crippen molar-refractivity contribution < 1.29 is 13.6 Å². The Hall–Kier alpha value is -1.44. The van der Waals surface area contributed by atoms with Crippen molar-refractivity contribution in [3.63, 3.8) is 0 Å². The Labute approximate surface area is 151 Å². The summed E-state index contributed by atoms with van der Waals surface area (Å²) in [6, 6.07) is 4.92. The summed E-state index contributed by atoms with van der Waals surface area (Å²) in [6.07, 6.45) is 1.73. The van der Waals surface area contributed by atoms with E-state index in [1.54, 1.807) is 6.20 Å². The molecule has 0 bridgehead atoms. The van der Waals surface area contributed by atoms with Gasteiger partial charge in [0.25, 0.3) is 0 Å². The molecular formula is C16H26N4O3SSi-. The van der Waals surface area contributed by atoms with Gasteiger partial charge in [-0.25, -0.2) is 13.4 Å². The molecule has 0 aromatic carbocycles. The molecule has 2 heterocycles. The number of nitrogens with one attached hydrogen (secondary N) is 1. The van der Waals surface area contributed by atoms with Crippen LogP contribution in [0.3, 0.4) is 0 Å². The normalized spacial score (nSPS) is 17.7. The molecule has 0 aliphatic carbocycles. The highest BCUT2D eigenvalue weighted by Crippen LogP contribution is 2.15. The molecule has 0 radical (unpaired) electrons. The fourth-order valence-corrected chi connectivity index (χ4v) is 4.58. The number of hydrogen-bond acceptors (Lipinski definition) is 6. The van der Waals surface area contributed by atoms with Crippen LogP contribution in [0.1, 0.15) is 0 Å². The minimum atomic E-state index is -3.49. The maximum absolute atomic E-state index is 12.6. The molecule has 9 heteroatoms. The van der Waals surface area contributed by atoms with Crippen LogP contribution in [0.4, 0.5) is 5.82 Å². The fourth-order valence-electron chi connectivity index (χ4n) is 2.47. The second kappa shape index (κ2) is 8.29. The Morgan fingerprint density at radius 1 is 1.28 bits per heavy atom. The fraction of sp³-hybridized carbons (Fsp3) is 0.562. The zero-order valence-electron chi connectivity index (χ0n) is 14.9. The lowest BCUT2D eigenvalue weighted by Crippen LogP contribution is -2.51. The van der Waals surface area contributed by atoms with Gasteiger partial charge in [0, 0.05) is 32.4 Å². The number of nitrogens with zero attached hydrogens (tertiary/aromatic N) is 3. The summed E-state index contributed by atoms with van der Waals surface area (Å²) >= 11 is 0. The molecule has 1 aromatic rings. The third kappa shape index (κ3) is 6.09. The zero-order valence-corrected chi connectivity index (χ0v) is 16.8. The summed E-state index contributed by atoms with van der Waals surface area (Å²) in [6.45, 7) is 8.19. The number of rotatable bonds is 5. The third-order valence-corrected chi connectivity index (χ3v) is 6.56. The van der Waals surface area contributed by atoms with Gasteiger partial charge in [-0.1, -0.05) is 14.1 Å². The highest BCUT2D eigenvalue weighted by Gasteiger charge is 2.29. The quantitative estimate of drug-likeness (QED) is 0.444. The molecule has 0 spiro atoms. The van der Waals surface area contributed by atoms with Gasteiger partial charge in [0.15, 0.2) is 0 Å². The van der Waals surface area contributed by atoms with E-state index in [-0.39, 0.29) is 5.75 Å². The van der Waals surface area contributed by atoms with Crippen molar-refractivity contribution in [3.8, 4) is 11.5 Å². The largest absolute Gasteiger partial charge is 0.354 e. The standard InChI is InChI=1S/C16H26N4O3SSi/c1-25(2,3)13-7-15(18-21)14-24(22,23)20-11-9-19(10-12-20)16-6-4-5-8-17-16/h4-6,8,15,18,21H,9-12,14H2,1-3H3/q-1. The average molecular weight is 383 g/mol. The number of sulfonamides is 1. The molecule has 0 amide bonds. The number of hydrogen-bond donors (Lipinski definition) is 2. The van der Waals surface area contributed by atoms with Crippen molar-refractivity contribution in [2.24, 2.45) is 0 Å². The van der Waals surface area contributed by atoms with Gasteiger partial charge in [-0.2, -0.15) is 29.4 Å². The van der Waals surface area contributed by atoms with E-state index in [2.05, 4.69) is 41.0 Å². The van der Waals surface area contributed by atoms with Crippen LogP contribution < -0.4 is 10.4 Å². The van der Waals surface area contributed by atoms with E-state index in [9.17, 15) is 13.6 Å². The van der Waals surface area contributed by atoms with Crippen LogP contribution in [0.15, 0.2) is 24.4 Å². The Morgan fingerprint density at radius 3 is 2.48 bits per heavy atom. The summed E-state index contributed by atoms with van der Waals surface area (Å²) < 4.78 is 26.7. The van der Waals surface area contributed by atoms with E-state index in [0.717, 1.165) is 5.82 Å². The zero-order chi connectivity index (χ0) is 18.5. The molecule has 25 heavy (non-hydrogen) atoms. The van der Waals surface area contributed by atoms with E-state index < -0.39 is 24.1 Å². The van der Waals surface area contributed by atoms with Crippen molar-refractivity contribution in [3.05, 3.63) is 24.4 Å². The number of piperazine rings is 1. The Bertz CT molecular complexity index is 717. The van der Waals surface area contributed by atoms with Crippen LogP contribution in [0.2, 0.25) is 19.6 Å². The molecular weight excluding hydrogens is 356 g/mol. The van der Waals surface area contributed by atoms with Crippen molar-refractivity contribution in [2.45, 2.75) is 25.7 Å². The Kier molecular flexibility index (Phi) is 6.59. The van der Waals surface area contributed by atoms with Crippen LogP contribution in [-0.2, 0) is 10.0 Å². The first-order chi connectivity index (χ1) is 11.7. The summed E-state index contributed by atoms with van der Waals surface area (Å²) in [5.74, 6) is 3.49. The third-order valence-electron chi connectivity index (χ3n) is 3.76. The average Bonchev–Trinajstić information content (AvgIpc) is 2.58.